The Balaban J connectivity index is 1.67. The largest absolute Gasteiger partial charge is 0.497 e. The van der Waals surface area contributed by atoms with Crippen molar-refractivity contribution in [3.63, 3.8) is 0 Å². The first-order valence-corrected chi connectivity index (χ1v) is 12.0. The topological polar surface area (TPSA) is 88.2 Å². The molecule has 0 spiro atoms. The molecule has 0 bridgehead atoms. The van der Waals surface area contributed by atoms with Gasteiger partial charge in [0.2, 0.25) is 0 Å². The molecular formula is C29H26N4O3. The molecule has 1 aromatic heterocycles. The summed E-state index contributed by atoms with van der Waals surface area (Å²) >= 11 is 0. The van der Waals surface area contributed by atoms with Crippen molar-refractivity contribution in [2.45, 2.75) is 38.6 Å². The second-order valence-electron chi connectivity index (χ2n) is 9.03. The number of carbonyl (C=O) groups excluding carboxylic acids is 2. The zero-order valence-electron chi connectivity index (χ0n) is 20.3. The van der Waals surface area contributed by atoms with Gasteiger partial charge in [0.25, 0.3) is 11.8 Å². The quantitative estimate of drug-likeness (QED) is 0.377. The average molecular weight is 479 g/mol. The fraction of sp³-hybridized carbons (Fsp3) is 0.241. The van der Waals surface area contributed by atoms with Crippen molar-refractivity contribution in [2.75, 3.05) is 7.11 Å². The fourth-order valence-corrected chi connectivity index (χ4v) is 4.93. The molecule has 0 unspecified atom stereocenters. The summed E-state index contributed by atoms with van der Waals surface area (Å²) in [6, 6.07) is 19.1. The maximum Gasteiger partial charge on any atom is 0.271 e. The smallest absolute Gasteiger partial charge is 0.271 e. The molecule has 1 aliphatic carbocycles. The molecule has 2 amide bonds. The molecule has 0 atom stereocenters. The van der Waals surface area contributed by atoms with Gasteiger partial charge in [-0.1, -0.05) is 31.0 Å². The first-order valence-electron chi connectivity index (χ1n) is 12.0. The van der Waals surface area contributed by atoms with E-state index in [4.69, 9.17) is 9.84 Å². The summed E-state index contributed by atoms with van der Waals surface area (Å²) in [4.78, 5) is 28.0. The average Bonchev–Trinajstić information content (AvgIpc) is 3.58. The lowest BCUT2D eigenvalue weighted by atomic mass is 9.92. The van der Waals surface area contributed by atoms with Crippen LogP contribution in [0.15, 0.2) is 77.5 Å². The number of methoxy groups -OCH3 is 1. The van der Waals surface area contributed by atoms with Crippen molar-refractivity contribution in [2.24, 2.45) is 0 Å². The van der Waals surface area contributed by atoms with Crippen LogP contribution in [0.5, 0.6) is 5.75 Å². The summed E-state index contributed by atoms with van der Waals surface area (Å²) in [5, 5.41) is 14.6. The lowest BCUT2D eigenvalue weighted by Gasteiger charge is -2.32. The lowest BCUT2D eigenvalue weighted by molar-refractivity contribution is -0.143. The van der Waals surface area contributed by atoms with Crippen molar-refractivity contribution in [1.82, 2.24) is 14.7 Å². The van der Waals surface area contributed by atoms with E-state index in [0.29, 0.717) is 22.4 Å². The molecule has 2 aromatic carbocycles. The van der Waals surface area contributed by atoms with E-state index in [9.17, 15) is 14.9 Å². The number of nitriles is 1. The number of benzene rings is 2. The SMILES string of the molecule is COc1ccc(-c2nn(-c3ccccc3)cc2/C=C2/C(=O)N(C3CCCC3)C(=O)C(C#N)=C2C)cc1. The van der Waals surface area contributed by atoms with E-state index in [-0.39, 0.29) is 17.5 Å². The molecule has 0 N–H and O–H groups in total. The standard InChI is InChI=1S/C29H26N4O3/c1-19-25(28(34)33(23-10-6-7-11-23)29(35)26(19)17-30)16-21-18-32(22-8-4-3-5-9-22)31-27(21)20-12-14-24(36-2)15-13-20/h3-5,8-9,12-16,18,23H,6-7,10-11H2,1-2H3/b25-16+. The van der Waals surface area contributed by atoms with Crippen LogP contribution in [0, 0.1) is 11.3 Å². The lowest BCUT2D eigenvalue weighted by Crippen LogP contribution is -2.47. The highest BCUT2D eigenvalue weighted by Crippen LogP contribution is 2.35. The predicted molar refractivity (Wildman–Crippen MR) is 136 cm³/mol. The second-order valence-corrected chi connectivity index (χ2v) is 9.03. The molecule has 7 nitrogen and oxygen atoms in total. The van der Waals surface area contributed by atoms with Gasteiger partial charge < -0.3 is 4.74 Å². The molecule has 0 radical (unpaired) electrons. The van der Waals surface area contributed by atoms with Crippen LogP contribution in [0.2, 0.25) is 0 Å². The van der Waals surface area contributed by atoms with Crippen LogP contribution in [-0.4, -0.2) is 39.6 Å². The van der Waals surface area contributed by atoms with Crippen molar-refractivity contribution < 1.29 is 14.3 Å². The third-order valence-electron chi connectivity index (χ3n) is 6.89. The van der Waals surface area contributed by atoms with E-state index >= 15 is 0 Å². The molecular weight excluding hydrogens is 452 g/mol. The van der Waals surface area contributed by atoms with Crippen molar-refractivity contribution in [3.8, 4) is 28.8 Å². The Kier molecular flexibility index (Phi) is 6.26. The van der Waals surface area contributed by atoms with Crippen molar-refractivity contribution >= 4 is 17.9 Å². The molecule has 180 valence electrons. The molecule has 36 heavy (non-hydrogen) atoms. The summed E-state index contributed by atoms with van der Waals surface area (Å²) in [6.07, 6.45) is 7.10. The number of imide groups is 1. The Labute approximate surface area is 209 Å². The third-order valence-corrected chi connectivity index (χ3v) is 6.89. The first-order chi connectivity index (χ1) is 17.5. The van der Waals surface area contributed by atoms with E-state index in [1.54, 1.807) is 24.8 Å². The van der Waals surface area contributed by atoms with Crippen molar-refractivity contribution in [3.05, 3.63) is 83.1 Å². The zero-order chi connectivity index (χ0) is 25.2. The predicted octanol–water partition coefficient (Wildman–Crippen LogP) is 5.08. The van der Waals surface area contributed by atoms with Gasteiger partial charge in [-0.05, 0) is 67.8 Å². The monoisotopic (exact) mass is 478 g/mol. The van der Waals surface area contributed by atoms with E-state index in [1.807, 2.05) is 66.9 Å². The van der Waals surface area contributed by atoms with Gasteiger partial charge >= 0.3 is 0 Å². The minimum absolute atomic E-state index is 0.0224. The maximum absolute atomic E-state index is 13.7. The van der Waals surface area contributed by atoms with E-state index in [1.165, 1.54) is 4.90 Å². The third kappa shape index (κ3) is 4.11. The van der Waals surface area contributed by atoms with E-state index in [2.05, 4.69) is 0 Å². The normalized spacial score (nSPS) is 17.7. The van der Waals surface area contributed by atoms with E-state index in [0.717, 1.165) is 42.7 Å². The van der Waals surface area contributed by atoms with Gasteiger partial charge in [0.15, 0.2) is 0 Å². The van der Waals surface area contributed by atoms with E-state index < -0.39 is 5.91 Å². The Bertz CT molecular complexity index is 1420. The molecule has 2 heterocycles. The number of ether oxygens (including phenoxy) is 1. The Morgan fingerprint density at radius 1 is 1.03 bits per heavy atom. The number of rotatable bonds is 5. The highest BCUT2D eigenvalue weighted by molar-refractivity contribution is 6.20. The number of carbonyl (C=O) groups is 2. The minimum atomic E-state index is -0.487. The molecule has 1 aliphatic heterocycles. The highest BCUT2D eigenvalue weighted by atomic mass is 16.5. The van der Waals surface area contributed by atoms with Gasteiger partial charge in [0, 0.05) is 28.9 Å². The first kappa shape index (κ1) is 23.3. The number of hydrogen-bond acceptors (Lipinski definition) is 5. The van der Waals surface area contributed by atoms with Crippen LogP contribution in [0.25, 0.3) is 23.0 Å². The maximum atomic E-state index is 13.7. The summed E-state index contributed by atoms with van der Waals surface area (Å²) in [6.45, 7) is 1.67. The Hall–Kier alpha value is -4.44. The van der Waals surface area contributed by atoms with Gasteiger partial charge in [0.05, 0.1) is 18.5 Å². The number of hydrogen-bond donors (Lipinski definition) is 0. The van der Waals surface area contributed by atoms with Crippen LogP contribution >= 0.6 is 0 Å². The van der Waals surface area contributed by atoms with Gasteiger partial charge in [-0.2, -0.15) is 10.4 Å². The Morgan fingerprint density at radius 2 is 1.72 bits per heavy atom. The summed E-state index contributed by atoms with van der Waals surface area (Å²) in [7, 11) is 1.61. The van der Waals surface area contributed by atoms with Gasteiger partial charge in [0.1, 0.15) is 17.4 Å². The molecule has 2 aliphatic rings. The summed E-state index contributed by atoms with van der Waals surface area (Å²) in [5.74, 6) is -0.109. The molecule has 7 heteroatoms. The molecule has 1 saturated carbocycles. The highest BCUT2D eigenvalue weighted by Gasteiger charge is 2.40. The minimum Gasteiger partial charge on any atom is -0.497 e. The van der Waals surface area contributed by atoms with Crippen molar-refractivity contribution in [1.29, 1.82) is 5.26 Å². The number of aromatic nitrogens is 2. The van der Waals surface area contributed by atoms with Crippen LogP contribution in [0.3, 0.4) is 0 Å². The van der Waals surface area contributed by atoms with Crippen LogP contribution < -0.4 is 4.74 Å². The number of para-hydroxylation sites is 1. The zero-order valence-corrected chi connectivity index (χ0v) is 20.3. The van der Waals surface area contributed by atoms with Gasteiger partial charge in [-0.15, -0.1) is 0 Å². The second kappa shape index (κ2) is 9.67. The van der Waals surface area contributed by atoms with Crippen LogP contribution in [0.1, 0.15) is 38.2 Å². The summed E-state index contributed by atoms with van der Waals surface area (Å²) < 4.78 is 7.07. The van der Waals surface area contributed by atoms with Gasteiger partial charge in [-0.25, -0.2) is 4.68 Å². The number of amides is 2. The van der Waals surface area contributed by atoms with Crippen LogP contribution in [-0.2, 0) is 9.59 Å². The number of nitrogens with zero attached hydrogens (tertiary/aromatic N) is 4. The Morgan fingerprint density at radius 3 is 2.36 bits per heavy atom. The molecule has 5 rings (SSSR count). The molecule has 3 aromatic rings. The summed E-state index contributed by atoms with van der Waals surface area (Å²) in [5.41, 5.74) is 3.89. The molecule has 0 saturated heterocycles. The van der Waals surface area contributed by atoms with Gasteiger partial charge in [-0.3, -0.25) is 14.5 Å². The van der Waals surface area contributed by atoms with Crippen LogP contribution in [0.4, 0.5) is 0 Å². The molecule has 1 fully saturated rings. The fourth-order valence-electron chi connectivity index (χ4n) is 4.93.